The lowest BCUT2D eigenvalue weighted by atomic mass is 10.4. The molecule has 0 amide bonds. The molecule has 2 rings (SSSR count). The third-order valence-electron chi connectivity index (χ3n) is 2.34. The van der Waals surface area contributed by atoms with Crippen molar-refractivity contribution in [3.8, 4) is 6.07 Å². The molecule has 0 aliphatic heterocycles. The maximum atomic E-state index is 8.82. The Balaban J connectivity index is 2.18. The predicted octanol–water partition coefficient (Wildman–Crippen LogP) is 1.58. The number of aromatic nitrogens is 4. The van der Waals surface area contributed by atoms with Crippen molar-refractivity contribution < 1.29 is 0 Å². The Hall–Kier alpha value is -2.09. The van der Waals surface area contributed by atoms with Gasteiger partial charge in [0, 0.05) is 24.6 Å². The van der Waals surface area contributed by atoms with Gasteiger partial charge in [-0.2, -0.15) is 10.4 Å². The van der Waals surface area contributed by atoms with Crippen LogP contribution in [0.4, 0.5) is 0 Å². The molecule has 0 aliphatic rings. The molecule has 16 heavy (non-hydrogen) atoms. The monoisotopic (exact) mass is 215 g/mol. The zero-order valence-corrected chi connectivity index (χ0v) is 9.33. The normalized spacial score (nSPS) is 10.6. The first-order chi connectivity index (χ1) is 7.70. The fourth-order valence-corrected chi connectivity index (χ4v) is 1.47. The molecule has 5 nitrogen and oxygen atoms in total. The van der Waals surface area contributed by atoms with Gasteiger partial charge in [0.25, 0.3) is 0 Å². The Labute approximate surface area is 94.0 Å². The zero-order chi connectivity index (χ0) is 11.5. The van der Waals surface area contributed by atoms with E-state index >= 15 is 0 Å². The van der Waals surface area contributed by atoms with Gasteiger partial charge in [-0.25, -0.2) is 4.98 Å². The molecule has 0 fully saturated rings. The highest BCUT2D eigenvalue weighted by Crippen LogP contribution is 2.06. The SMILES string of the molecule is CC(C)n1ccc(Cn2ccnc2C#N)n1. The van der Waals surface area contributed by atoms with Crippen LogP contribution >= 0.6 is 0 Å². The summed E-state index contributed by atoms with van der Waals surface area (Å²) in [5.74, 6) is 0.416. The molecule has 0 atom stereocenters. The second kappa shape index (κ2) is 4.19. The minimum Gasteiger partial charge on any atom is -0.317 e. The minimum atomic E-state index is 0.354. The van der Waals surface area contributed by atoms with Crippen molar-refractivity contribution in [2.24, 2.45) is 0 Å². The number of hydrogen-bond donors (Lipinski definition) is 0. The van der Waals surface area contributed by atoms with Gasteiger partial charge in [-0.15, -0.1) is 0 Å². The molecule has 0 bridgehead atoms. The third kappa shape index (κ3) is 1.96. The van der Waals surface area contributed by atoms with Gasteiger partial charge >= 0.3 is 0 Å². The number of imidazole rings is 1. The van der Waals surface area contributed by atoms with Gasteiger partial charge in [0.1, 0.15) is 6.07 Å². The molecule has 5 heteroatoms. The van der Waals surface area contributed by atoms with E-state index in [4.69, 9.17) is 5.26 Å². The summed E-state index contributed by atoms with van der Waals surface area (Å²) < 4.78 is 3.69. The van der Waals surface area contributed by atoms with Gasteiger partial charge in [-0.05, 0) is 19.9 Å². The molecule has 0 saturated carbocycles. The molecule has 0 radical (unpaired) electrons. The highest BCUT2D eigenvalue weighted by Gasteiger charge is 2.05. The Morgan fingerprint density at radius 1 is 1.44 bits per heavy atom. The highest BCUT2D eigenvalue weighted by atomic mass is 15.3. The first-order valence-electron chi connectivity index (χ1n) is 5.16. The summed E-state index contributed by atoms with van der Waals surface area (Å²) in [6.07, 6.45) is 5.36. The van der Waals surface area contributed by atoms with Crippen LogP contribution in [0.25, 0.3) is 0 Å². The van der Waals surface area contributed by atoms with Gasteiger partial charge in [-0.1, -0.05) is 0 Å². The Kier molecular flexibility index (Phi) is 2.73. The summed E-state index contributed by atoms with van der Waals surface area (Å²) in [6, 6.07) is 4.36. The molecule has 0 saturated heterocycles. The Bertz CT molecular complexity index is 514. The van der Waals surface area contributed by atoms with Crippen LogP contribution in [0.2, 0.25) is 0 Å². The van der Waals surface area contributed by atoms with E-state index in [9.17, 15) is 0 Å². The van der Waals surface area contributed by atoms with Gasteiger partial charge in [0.15, 0.2) is 0 Å². The van der Waals surface area contributed by atoms with Crippen LogP contribution in [-0.2, 0) is 6.54 Å². The summed E-state index contributed by atoms with van der Waals surface area (Å²) in [5, 5.41) is 13.2. The van der Waals surface area contributed by atoms with Crippen molar-refractivity contribution in [3.05, 3.63) is 36.2 Å². The lowest BCUT2D eigenvalue weighted by Crippen LogP contribution is -2.05. The number of nitriles is 1. The lowest BCUT2D eigenvalue weighted by molar-refractivity contribution is 0.523. The van der Waals surface area contributed by atoms with Crippen LogP contribution in [-0.4, -0.2) is 19.3 Å². The predicted molar refractivity (Wildman–Crippen MR) is 58.7 cm³/mol. The van der Waals surface area contributed by atoms with Crippen molar-refractivity contribution >= 4 is 0 Å². The van der Waals surface area contributed by atoms with Crippen molar-refractivity contribution in [2.75, 3.05) is 0 Å². The van der Waals surface area contributed by atoms with Crippen LogP contribution < -0.4 is 0 Å². The molecule has 82 valence electrons. The fourth-order valence-electron chi connectivity index (χ4n) is 1.47. The van der Waals surface area contributed by atoms with Crippen LogP contribution in [0, 0.1) is 11.3 Å². The van der Waals surface area contributed by atoms with Crippen molar-refractivity contribution in [1.29, 1.82) is 5.26 Å². The zero-order valence-electron chi connectivity index (χ0n) is 9.33. The van der Waals surface area contributed by atoms with E-state index in [1.165, 1.54) is 0 Å². The van der Waals surface area contributed by atoms with Crippen molar-refractivity contribution in [3.63, 3.8) is 0 Å². The van der Waals surface area contributed by atoms with E-state index in [0.717, 1.165) is 5.69 Å². The molecule has 2 aromatic rings. The van der Waals surface area contributed by atoms with Gasteiger partial charge in [0.2, 0.25) is 5.82 Å². The average molecular weight is 215 g/mol. The largest absolute Gasteiger partial charge is 0.317 e. The van der Waals surface area contributed by atoms with Crippen molar-refractivity contribution in [2.45, 2.75) is 26.4 Å². The van der Waals surface area contributed by atoms with Gasteiger partial charge < -0.3 is 4.57 Å². The quantitative estimate of drug-likeness (QED) is 0.781. The summed E-state index contributed by atoms with van der Waals surface area (Å²) in [5.41, 5.74) is 0.934. The summed E-state index contributed by atoms with van der Waals surface area (Å²) in [7, 11) is 0. The molecular weight excluding hydrogens is 202 g/mol. The van der Waals surface area contributed by atoms with Crippen LogP contribution in [0.3, 0.4) is 0 Å². The molecule has 0 aromatic carbocycles. The number of nitrogens with zero attached hydrogens (tertiary/aromatic N) is 5. The molecule has 0 aliphatic carbocycles. The number of hydrogen-bond acceptors (Lipinski definition) is 3. The smallest absolute Gasteiger partial charge is 0.213 e. The van der Waals surface area contributed by atoms with E-state index in [0.29, 0.717) is 18.4 Å². The molecule has 2 heterocycles. The van der Waals surface area contributed by atoms with Crippen LogP contribution in [0.5, 0.6) is 0 Å². The van der Waals surface area contributed by atoms with Crippen LogP contribution in [0.15, 0.2) is 24.7 Å². The van der Waals surface area contributed by atoms with E-state index in [1.54, 1.807) is 17.0 Å². The number of rotatable bonds is 3. The Morgan fingerprint density at radius 2 is 2.25 bits per heavy atom. The Morgan fingerprint density at radius 3 is 2.88 bits per heavy atom. The minimum absolute atomic E-state index is 0.354. The van der Waals surface area contributed by atoms with E-state index in [-0.39, 0.29) is 0 Å². The standard InChI is InChI=1S/C11H13N5/c1-9(2)16-5-3-10(14-16)8-15-6-4-13-11(15)7-12/h3-6,9H,8H2,1-2H3. The first-order valence-corrected chi connectivity index (χ1v) is 5.16. The maximum absolute atomic E-state index is 8.82. The molecule has 0 N–H and O–H groups in total. The van der Waals surface area contributed by atoms with Crippen LogP contribution in [0.1, 0.15) is 31.4 Å². The summed E-state index contributed by atoms with van der Waals surface area (Å²) in [4.78, 5) is 3.94. The summed E-state index contributed by atoms with van der Waals surface area (Å²) >= 11 is 0. The fraction of sp³-hybridized carbons (Fsp3) is 0.364. The third-order valence-corrected chi connectivity index (χ3v) is 2.34. The molecule has 0 unspecified atom stereocenters. The summed E-state index contributed by atoms with van der Waals surface area (Å²) in [6.45, 7) is 4.74. The van der Waals surface area contributed by atoms with E-state index in [2.05, 4.69) is 23.9 Å². The molecular formula is C11H13N5. The molecule has 2 aromatic heterocycles. The van der Waals surface area contributed by atoms with E-state index < -0.39 is 0 Å². The van der Waals surface area contributed by atoms with E-state index in [1.807, 2.05) is 23.0 Å². The lowest BCUT2D eigenvalue weighted by Gasteiger charge is -2.04. The van der Waals surface area contributed by atoms with Gasteiger partial charge in [-0.3, -0.25) is 4.68 Å². The average Bonchev–Trinajstić information content (AvgIpc) is 2.87. The topological polar surface area (TPSA) is 59.4 Å². The second-order valence-electron chi connectivity index (χ2n) is 3.87. The maximum Gasteiger partial charge on any atom is 0.213 e. The molecule has 0 spiro atoms. The second-order valence-corrected chi connectivity index (χ2v) is 3.87. The van der Waals surface area contributed by atoms with Crippen molar-refractivity contribution in [1.82, 2.24) is 19.3 Å². The van der Waals surface area contributed by atoms with Gasteiger partial charge in [0.05, 0.1) is 12.2 Å². The highest BCUT2D eigenvalue weighted by molar-refractivity contribution is 5.13. The first kappa shape index (κ1) is 10.4.